The number of fused-ring (bicyclic) bond motifs is 1. The van der Waals surface area contributed by atoms with Gasteiger partial charge in [0.1, 0.15) is 4.90 Å². The number of nitrogens with one attached hydrogen (secondary N) is 1. The summed E-state index contributed by atoms with van der Waals surface area (Å²) >= 11 is 6.16. The van der Waals surface area contributed by atoms with Crippen LogP contribution in [0.4, 0.5) is 0 Å². The lowest BCUT2D eigenvalue weighted by Crippen LogP contribution is -2.20. The number of hydrogen-bond donors (Lipinski definition) is 2. The molecule has 7 heteroatoms. The summed E-state index contributed by atoms with van der Waals surface area (Å²) in [5.41, 5.74) is 2.07. The molecule has 2 aromatic rings. The van der Waals surface area contributed by atoms with Crippen LogP contribution in [0.1, 0.15) is 15.9 Å². The molecule has 1 amide bonds. The quantitative estimate of drug-likeness (QED) is 0.884. The Morgan fingerprint density at radius 2 is 1.86 bits per heavy atom. The fourth-order valence-corrected chi connectivity index (χ4v) is 3.70. The summed E-state index contributed by atoms with van der Waals surface area (Å²) < 4.78 is 25.3. The van der Waals surface area contributed by atoms with Gasteiger partial charge in [0.25, 0.3) is 15.9 Å². The van der Waals surface area contributed by atoms with Crippen molar-refractivity contribution in [3.63, 3.8) is 0 Å². The van der Waals surface area contributed by atoms with Crippen LogP contribution in [-0.4, -0.2) is 19.4 Å². The zero-order valence-corrected chi connectivity index (χ0v) is 12.2. The number of carbonyl (C=O) groups excluding carboxylic acids is 1. The van der Waals surface area contributed by atoms with Crippen LogP contribution in [0.2, 0.25) is 5.02 Å². The highest BCUT2D eigenvalue weighted by Crippen LogP contribution is 2.32. The molecule has 108 valence electrons. The minimum atomic E-state index is -3.74. The molecule has 0 radical (unpaired) electrons. The van der Waals surface area contributed by atoms with E-state index >= 15 is 0 Å². The smallest absolute Gasteiger partial charge is 0.266 e. The average molecular weight is 324 g/mol. The van der Waals surface area contributed by atoms with E-state index in [9.17, 15) is 13.2 Å². The zero-order chi connectivity index (χ0) is 15.2. The molecule has 5 nitrogen and oxygen atoms in total. The van der Waals surface area contributed by atoms with E-state index in [1.54, 1.807) is 24.3 Å². The van der Waals surface area contributed by atoms with E-state index in [-0.39, 0.29) is 17.1 Å². The highest BCUT2D eigenvalue weighted by molar-refractivity contribution is 7.90. The molecule has 2 N–H and O–H groups in total. The van der Waals surface area contributed by atoms with E-state index in [4.69, 9.17) is 16.7 Å². The van der Waals surface area contributed by atoms with E-state index < -0.39 is 15.9 Å². The summed E-state index contributed by atoms with van der Waals surface area (Å²) in [6.45, 7) is -0.120. The van der Waals surface area contributed by atoms with Crippen LogP contribution in [0.5, 0.6) is 0 Å². The van der Waals surface area contributed by atoms with Crippen LogP contribution >= 0.6 is 11.6 Å². The third-order valence-electron chi connectivity index (χ3n) is 3.27. The second-order valence-electron chi connectivity index (χ2n) is 4.62. The molecule has 0 bridgehead atoms. The molecule has 1 heterocycles. The number of amides is 1. The van der Waals surface area contributed by atoms with Crippen LogP contribution in [0, 0.1) is 0 Å². The van der Waals surface area contributed by atoms with Crippen molar-refractivity contribution < 1.29 is 18.3 Å². The summed E-state index contributed by atoms with van der Waals surface area (Å²) in [6, 6.07) is 9.53. The van der Waals surface area contributed by atoms with Gasteiger partial charge in [0.05, 0.1) is 12.2 Å². The molecule has 0 saturated carbocycles. The van der Waals surface area contributed by atoms with Crippen LogP contribution < -0.4 is 4.72 Å². The Balaban J connectivity index is 2.14. The van der Waals surface area contributed by atoms with Gasteiger partial charge in [-0.1, -0.05) is 29.8 Å². The number of carbonyl (C=O) groups is 1. The lowest BCUT2D eigenvalue weighted by molar-refractivity contribution is 0.0985. The van der Waals surface area contributed by atoms with Crippen LogP contribution in [0.3, 0.4) is 0 Å². The van der Waals surface area contributed by atoms with E-state index in [1.165, 1.54) is 12.1 Å². The third kappa shape index (κ3) is 2.31. The second kappa shape index (κ2) is 4.84. The molecule has 0 atom stereocenters. The summed E-state index contributed by atoms with van der Waals surface area (Å²) in [4.78, 5) is 11.7. The number of aliphatic hydroxyl groups is 1. The SMILES string of the molecule is O=C1NS(=O)(=O)c2ccc(-c3ccc(CO)cc3Cl)cc21. The molecule has 3 rings (SSSR count). The van der Waals surface area contributed by atoms with E-state index in [0.29, 0.717) is 21.7 Å². The van der Waals surface area contributed by atoms with Crippen molar-refractivity contribution in [3.8, 4) is 11.1 Å². The highest BCUT2D eigenvalue weighted by Gasteiger charge is 2.32. The predicted octanol–water partition coefficient (Wildman–Crippen LogP) is 1.93. The first-order chi connectivity index (χ1) is 9.92. The molecular weight excluding hydrogens is 314 g/mol. The van der Waals surface area contributed by atoms with Crippen molar-refractivity contribution in [2.24, 2.45) is 0 Å². The van der Waals surface area contributed by atoms with Gasteiger partial charge < -0.3 is 5.11 Å². The first-order valence-corrected chi connectivity index (χ1v) is 7.89. The number of rotatable bonds is 2. The maximum Gasteiger partial charge on any atom is 0.266 e. The van der Waals surface area contributed by atoms with Crippen LogP contribution in [0.15, 0.2) is 41.3 Å². The monoisotopic (exact) mass is 323 g/mol. The average Bonchev–Trinajstić information content (AvgIpc) is 2.68. The van der Waals surface area contributed by atoms with Gasteiger partial charge in [0.15, 0.2) is 0 Å². The van der Waals surface area contributed by atoms with Gasteiger partial charge >= 0.3 is 0 Å². The molecule has 1 aliphatic heterocycles. The Bertz CT molecular complexity index is 861. The van der Waals surface area contributed by atoms with E-state index in [0.717, 1.165) is 0 Å². The van der Waals surface area contributed by atoms with Crippen molar-refractivity contribution in [1.29, 1.82) is 0 Å². The normalized spacial score (nSPS) is 15.6. The number of sulfonamides is 1. The van der Waals surface area contributed by atoms with Crippen molar-refractivity contribution >= 4 is 27.5 Å². The molecule has 1 aliphatic rings. The summed E-state index contributed by atoms with van der Waals surface area (Å²) in [7, 11) is -3.74. The Hall–Kier alpha value is -1.89. The largest absolute Gasteiger partial charge is 0.392 e. The maximum absolute atomic E-state index is 11.7. The van der Waals surface area contributed by atoms with Crippen molar-refractivity contribution in [2.45, 2.75) is 11.5 Å². The Kier molecular flexibility index (Phi) is 3.24. The minimum Gasteiger partial charge on any atom is -0.392 e. The van der Waals surface area contributed by atoms with Gasteiger partial charge in [-0.15, -0.1) is 0 Å². The molecule has 0 fully saturated rings. The fraction of sp³-hybridized carbons (Fsp3) is 0.0714. The lowest BCUT2D eigenvalue weighted by Gasteiger charge is -2.07. The van der Waals surface area contributed by atoms with Crippen LogP contribution in [-0.2, 0) is 16.6 Å². The molecule has 0 aliphatic carbocycles. The minimum absolute atomic E-state index is 0.0284. The molecule has 0 aromatic heterocycles. The van der Waals surface area contributed by atoms with Gasteiger partial charge in [-0.2, -0.15) is 0 Å². The van der Waals surface area contributed by atoms with Gasteiger partial charge in [-0.3, -0.25) is 4.79 Å². The van der Waals surface area contributed by atoms with Crippen molar-refractivity contribution in [3.05, 3.63) is 52.5 Å². The third-order valence-corrected chi connectivity index (χ3v) is 4.97. The van der Waals surface area contributed by atoms with E-state index in [1.807, 2.05) is 4.72 Å². The second-order valence-corrected chi connectivity index (χ2v) is 6.68. The number of hydrogen-bond acceptors (Lipinski definition) is 4. The number of benzene rings is 2. The van der Waals surface area contributed by atoms with Gasteiger partial charge in [-0.05, 0) is 29.3 Å². The summed E-state index contributed by atoms with van der Waals surface area (Å²) in [5.74, 6) is -0.644. The number of halogens is 1. The topological polar surface area (TPSA) is 83.5 Å². The van der Waals surface area contributed by atoms with Gasteiger partial charge in [-0.25, -0.2) is 13.1 Å². The van der Waals surface area contributed by atoms with Gasteiger partial charge in [0, 0.05) is 10.6 Å². The molecule has 0 spiro atoms. The standard InChI is InChI=1S/C14H10ClNO4S/c15-12-5-8(7-17)1-3-10(12)9-2-4-13-11(6-9)14(18)16-21(13,19)20/h1-6,17H,7H2,(H,16,18). The van der Waals surface area contributed by atoms with Crippen molar-refractivity contribution in [2.75, 3.05) is 0 Å². The Labute approximate surface area is 126 Å². The molecule has 2 aromatic carbocycles. The lowest BCUT2D eigenvalue weighted by atomic mass is 10.0. The van der Waals surface area contributed by atoms with E-state index in [2.05, 4.69) is 0 Å². The fourth-order valence-electron chi connectivity index (χ4n) is 2.23. The van der Waals surface area contributed by atoms with Crippen molar-refractivity contribution in [1.82, 2.24) is 4.72 Å². The number of aliphatic hydroxyl groups excluding tert-OH is 1. The summed E-state index contributed by atoms with van der Waals surface area (Å²) in [6.07, 6.45) is 0. The zero-order valence-electron chi connectivity index (χ0n) is 10.6. The highest BCUT2D eigenvalue weighted by atomic mass is 35.5. The first kappa shape index (κ1) is 14.1. The first-order valence-electron chi connectivity index (χ1n) is 6.03. The van der Waals surface area contributed by atoms with Crippen LogP contribution in [0.25, 0.3) is 11.1 Å². The molecule has 21 heavy (non-hydrogen) atoms. The molecule has 0 saturated heterocycles. The maximum atomic E-state index is 11.7. The Morgan fingerprint density at radius 1 is 1.10 bits per heavy atom. The molecular formula is C14H10ClNO4S. The summed E-state index contributed by atoms with van der Waals surface area (Å²) in [5, 5.41) is 9.48. The van der Waals surface area contributed by atoms with Gasteiger partial charge in [0.2, 0.25) is 0 Å². The molecule has 0 unspecified atom stereocenters. The Morgan fingerprint density at radius 3 is 2.52 bits per heavy atom. The predicted molar refractivity (Wildman–Crippen MR) is 77.5 cm³/mol.